The second kappa shape index (κ2) is 7.60. The van der Waals surface area contributed by atoms with Gasteiger partial charge in [0.2, 0.25) is 10.0 Å². The van der Waals surface area contributed by atoms with Crippen molar-refractivity contribution in [1.82, 2.24) is 10.0 Å². The van der Waals surface area contributed by atoms with Gasteiger partial charge in [0.1, 0.15) is 0 Å². The maximum absolute atomic E-state index is 12.0. The van der Waals surface area contributed by atoms with Gasteiger partial charge in [0.15, 0.2) is 17.2 Å². The molecule has 0 aliphatic carbocycles. The number of phenolic OH excluding ortho intramolecular Hbond substituents is 3. The highest BCUT2D eigenvalue weighted by molar-refractivity contribution is 7.89. The summed E-state index contributed by atoms with van der Waals surface area (Å²) in [4.78, 5) is 11.9. The molecule has 134 valence electrons. The van der Waals surface area contributed by atoms with Crippen molar-refractivity contribution in [2.45, 2.75) is 4.90 Å². The Balaban J connectivity index is 1.90. The number of amides is 1. The lowest BCUT2D eigenvalue weighted by Gasteiger charge is -2.09. The van der Waals surface area contributed by atoms with Crippen LogP contribution >= 0.6 is 11.6 Å². The summed E-state index contributed by atoms with van der Waals surface area (Å²) in [5.74, 6) is -2.68. The Labute approximate surface area is 148 Å². The summed E-state index contributed by atoms with van der Waals surface area (Å²) in [7, 11) is -3.73. The molecule has 5 N–H and O–H groups in total. The fourth-order valence-corrected chi connectivity index (χ4v) is 3.05. The Morgan fingerprint density at radius 2 is 1.56 bits per heavy atom. The van der Waals surface area contributed by atoms with Crippen LogP contribution in [0.2, 0.25) is 5.02 Å². The van der Waals surface area contributed by atoms with Crippen molar-refractivity contribution in [3.05, 3.63) is 47.0 Å². The van der Waals surface area contributed by atoms with Crippen molar-refractivity contribution in [1.29, 1.82) is 0 Å². The van der Waals surface area contributed by atoms with E-state index >= 15 is 0 Å². The molecule has 0 aliphatic heterocycles. The number of phenols is 3. The van der Waals surface area contributed by atoms with Crippen molar-refractivity contribution in [2.24, 2.45) is 0 Å². The molecule has 0 spiro atoms. The molecule has 8 nitrogen and oxygen atoms in total. The van der Waals surface area contributed by atoms with Gasteiger partial charge in [-0.2, -0.15) is 0 Å². The van der Waals surface area contributed by atoms with Crippen LogP contribution in [0.5, 0.6) is 17.2 Å². The SMILES string of the molecule is O=C(NCCNS(=O)(=O)c1ccc(Cl)cc1)c1cc(O)c(O)c(O)c1. The van der Waals surface area contributed by atoms with Gasteiger partial charge in [0.05, 0.1) is 4.90 Å². The first-order valence-corrected chi connectivity index (χ1v) is 8.85. The molecule has 0 saturated carbocycles. The van der Waals surface area contributed by atoms with Gasteiger partial charge < -0.3 is 20.6 Å². The molecule has 2 rings (SSSR count). The number of rotatable bonds is 6. The molecule has 0 radical (unpaired) electrons. The highest BCUT2D eigenvalue weighted by Gasteiger charge is 2.15. The lowest BCUT2D eigenvalue weighted by atomic mass is 10.1. The minimum Gasteiger partial charge on any atom is -0.504 e. The maximum Gasteiger partial charge on any atom is 0.251 e. The van der Waals surface area contributed by atoms with E-state index in [1.165, 1.54) is 24.3 Å². The molecule has 0 heterocycles. The molecule has 10 heteroatoms. The number of carbonyl (C=O) groups is 1. The molecule has 25 heavy (non-hydrogen) atoms. The largest absolute Gasteiger partial charge is 0.504 e. The van der Waals surface area contributed by atoms with Crippen LogP contribution in [0.1, 0.15) is 10.4 Å². The van der Waals surface area contributed by atoms with Crippen LogP contribution in [0.15, 0.2) is 41.3 Å². The summed E-state index contributed by atoms with van der Waals surface area (Å²) in [5.41, 5.74) is -0.0895. The van der Waals surface area contributed by atoms with E-state index in [0.717, 1.165) is 12.1 Å². The van der Waals surface area contributed by atoms with Crippen molar-refractivity contribution in [3.8, 4) is 17.2 Å². The number of hydrogen-bond acceptors (Lipinski definition) is 6. The van der Waals surface area contributed by atoms with E-state index in [1.807, 2.05) is 0 Å². The van der Waals surface area contributed by atoms with Crippen molar-refractivity contribution in [3.63, 3.8) is 0 Å². The Bertz CT molecular complexity index is 860. The van der Waals surface area contributed by atoms with Crippen LogP contribution in [-0.4, -0.2) is 42.7 Å². The maximum atomic E-state index is 12.0. The number of carbonyl (C=O) groups excluding carboxylic acids is 1. The molecule has 0 bridgehead atoms. The molecule has 0 unspecified atom stereocenters. The highest BCUT2D eigenvalue weighted by atomic mass is 35.5. The molecule has 2 aromatic carbocycles. The number of benzene rings is 2. The summed E-state index contributed by atoms with van der Waals surface area (Å²) in [6.45, 7) is -0.110. The minimum atomic E-state index is -3.73. The van der Waals surface area contributed by atoms with Gasteiger partial charge in [0.25, 0.3) is 5.91 Å². The first-order chi connectivity index (χ1) is 11.7. The zero-order valence-electron chi connectivity index (χ0n) is 12.7. The number of aromatic hydroxyl groups is 3. The molecular weight excluding hydrogens is 372 g/mol. The normalized spacial score (nSPS) is 11.2. The number of hydrogen-bond donors (Lipinski definition) is 5. The average molecular weight is 387 g/mol. The van der Waals surface area contributed by atoms with Crippen LogP contribution < -0.4 is 10.0 Å². The zero-order chi connectivity index (χ0) is 18.6. The molecule has 0 saturated heterocycles. The molecule has 0 aromatic heterocycles. The highest BCUT2D eigenvalue weighted by Crippen LogP contribution is 2.35. The van der Waals surface area contributed by atoms with Gasteiger partial charge in [-0.05, 0) is 36.4 Å². The lowest BCUT2D eigenvalue weighted by molar-refractivity contribution is 0.0953. The molecule has 2 aromatic rings. The Kier molecular flexibility index (Phi) is 5.73. The third kappa shape index (κ3) is 4.75. The third-order valence-corrected chi connectivity index (χ3v) is 4.89. The summed E-state index contributed by atoms with van der Waals surface area (Å²) >= 11 is 5.70. The number of halogens is 1. The summed E-state index contributed by atoms with van der Waals surface area (Å²) < 4.78 is 26.4. The van der Waals surface area contributed by atoms with Gasteiger partial charge >= 0.3 is 0 Å². The van der Waals surface area contributed by atoms with Crippen LogP contribution in [-0.2, 0) is 10.0 Å². The summed E-state index contributed by atoms with van der Waals surface area (Å²) in [5, 5.41) is 30.8. The molecular formula is C15H15ClN2O6S. The Morgan fingerprint density at radius 1 is 1.00 bits per heavy atom. The van der Waals surface area contributed by atoms with Gasteiger partial charge in [-0.15, -0.1) is 0 Å². The number of sulfonamides is 1. The monoisotopic (exact) mass is 386 g/mol. The van der Waals surface area contributed by atoms with E-state index in [2.05, 4.69) is 10.0 Å². The van der Waals surface area contributed by atoms with Crippen LogP contribution in [0.3, 0.4) is 0 Å². The fraction of sp³-hybridized carbons (Fsp3) is 0.133. The minimum absolute atomic E-state index is 0.0337. The summed E-state index contributed by atoms with van der Waals surface area (Å²) in [6, 6.07) is 7.55. The van der Waals surface area contributed by atoms with E-state index in [-0.39, 0.29) is 23.5 Å². The molecule has 0 fully saturated rings. The zero-order valence-corrected chi connectivity index (χ0v) is 14.3. The van der Waals surface area contributed by atoms with Crippen LogP contribution in [0, 0.1) is 0 Å². The second-order valence-corrected chi connectivity index (χ2v) is 7.17. The van der Waals surface area contributed by atoms with E-state index in [4.69, 9.17) is 11.6 Å². The van der Waals surface area contributed by atoms with Crippen LogP contribution in [0.4, 0.5) is 0 Å². The summed E-state index contributed by atoms with van der Waals surface area (Å²) in [6.07, 6.45) is 0. The fourth-order valence-electron chi connectivity index (χ4n) is 1.90. The Morgan fingerprint density at radius 3 is 2.12 bits per heavy atom. The van der Waals surface area contributed by atoms with Crippen molar-refractivity contribution in [2.75, 3.05) is 13.1 Å². The predicted octanol–water partition coefficient (Wildman–Crippen LogP) is 1.17. The van der Waals surface area contributed by atoms with E-state index in [1.54, 1.807) is 0 Å². The topological polar surface area (TPSA) is 136 Å². The standard InChI is InChI=1S/C15H15ClN2O6S/c16-10-1-3-11(4-2-10)25(23,24)18-6-5-17-15(22)9-7-12(19)14(21)13(20)8-9/h1-4,7-8,18-21H,5-6H2,(H,17,22). The van der Waals surface area contributed by atoms with Gasteiger partial charge in [0, 0.05) is 23.7 Å². The van der Waals surface area contributed by atoms with Gasteiger partial charge in [-0.1, -0.05) is 11.6 Å². The van der Waals surface area contributed by atoms with E-state index in [0.29, 0.717) is 5.02 Å². The van der Waals surface area contributed by atoms with Crippen LogP contribution in [0.25, 0.3) is 0 Å². The van der Waals surface area contributed by atoms with Crippen molar-refractivity contribution < 1.29 is 28.5 Å². The smallest absolute Gasteiger partial charge is 0.251 e. The Hall–Kier alpha value is -2.49. The molecule has 0 aliphatic rings. The van der Waals surface area contributed by atoms with Crippen molar-refractivity contribution >= 4 is 27.5 Å². The lowest BCUT2D eigenvalue weighted by Crippen LogP contribution is -2.34. The first-order valence-electron chi connectivity index (χ1n) is 6.99. The second-order valence-electron chi connectivity index (χ2n) is 4.97. The van der Waals surface area contributed by atoms with Gasteiger partial charge in [-0.25, -0.2) is 13.1 Å². The third-order valence-electron chi connectivity index (χ3n) is 3.16. The van der Waals surface area contributed by atoms with E-state index < -0.39 is 33.2 Å². The average Bonchev–Trinajstić information content (AvgIpc) is 2.56. The van der Waals surface area contributed by atoms with E-state index in [9.17, 15) is 28.5 Å². The quantitative estimate of drug-likeness (QED) is 0.373. The molecule has 1 amide bonds. The van der Waals surface area contributed by atoms with Gasteiger partial charge in [-0.3, -0.25) is 4.79 Å². The predicted molar refractivity (Wildman–Crippen MR) is 90.4 cm³/mol. The number of nitrogens with one attached hydrogen (secondary N) is 2. The molecule has 0 atom stereocenters. The first kappa shape index (κ1) is 18.8.